The number of hydrogen-bond acceptors (Lipinski definition) is 3. The Morgan fingerprint density at radius 3 is 2.11 bits per heavy atom. The van der Waals surface area contributed by atoms with Crippen molar-refractivity contribution in [1.82, 2.24) is 10.6 Å². The van der Waals surface area contributed by atoms with Gasteiger partial charge in [-0.15, -0.1) is 0 Å². The fraction of sp³-hybridized carbons (Fsp3) is 0.857. The lowest BCUT2D eigenvalue weighted by atomic mass is 9.63. The van der Waals surface area contributed by atoms with Crippen molar-refractivity contribution >= 4 is 11.8 Å². The van der Waals surface area contributed by atoms with Crippen LogP contribution in [-0.4, -0.2) is 30.9 Å². The summed E-state index contributed by atoms with van der Waals surface area (Å²) in [6, 6.07) is 0.182. The van der Waals surface area contributed by atoms with Gasteiger partial charge in [0.1, 0.15) is 0 Å². The first-order chi connectivity index (χ1) is 8.63. The zero-order valence-electron chi connectivity index (χ0n) is 12.5. The molecule has 110 valence electrons. The summed E-state index contributed by atoms with van der Waals surface area (Å²) < 4.78 is 0. The standard InChI is InChI=1S/C14H27N3O2/c1-13(2)5-10(6-14(3,4)9-13)17-12(19)8-16-11(18)7-15/h10H,5-9,15H2,1-4H3,(H,16,18)(H,17,19). The number of carbonyl (C=O) groups excluding carboxylic acids is 2. The summed E-state index contributed by atoms with van der Waals surface area (Å²) in [4.78, 5) is 22.8. The van der Waals surface area contributed by atoms with E-state index in [9.17, 15) is 9.59 Å². The van der Waals surface area contributed by atoms with E-state index >= 15 is 0 Å². The first-order valence-corrected chi connectivity index (χ1v) is 6.90. The average Bonchev–Trinajstić information content (AvgIpc) is 2.21. The van der Waals surface area contributed by atoms with Gasteiger partial charge in [0.25, 0.3) is 0 Å². The monoisotopic (exact) mass is 269 g/mol. The van der Waals surface area contributed by atoms with Crippen molar-refractivity contribution in [2.24, 2.45) is 16.6 Å². The summed E-state index contributed by atoms with van der Waals surface area (Å²) in [6.45, 7) is 8.88. The molecule has 1 fully saturated rings. The molecule has 0 saturated heterocycles. The molecular weight excluding hydrogens is 242 g/mol. The molecule has 0 aromatic rings. The molecule has 1 aliphatic carbocycles. The maximum Gasteiger partial charge on any atom is 0.239 e. The second-order valence-corrected chi connectivity index (χ2v) is 7.16. The Hall–Kier alpha value is -1.10. The highest BCUT2D eigenvalue weighted by Gasteiger charge is 2.38. The third-order valence-corrected chi connectivity index (χ3v) is 3.55. The van der Waals surface area contributed by atoms with Gasteiger partial charge >= 0.3 is 0 Å². The molecule has 0 bridgehead atoms. The molecule has 0 spiro atoms. The van der Waals surface area contributed by atoms with Crippen molar-refractivity contribution in [3.05, 3.63) is 0 Å². The van der Waals surface area contributed by atoms with E-state index in [4.69, 9.17) is 5.73 Å². The highest BCUT2D eigenvalue weighted by Crippen LogP contribution is 2.45. The molecule has 0 unspecified atom stereocenters. The van der Waals surface area contributed by atoms with E-state index in [1.807, 2.05) is 0 Å². The minimum Gasteiger partial charge on any atom is -0.352 e. The van der Waals surface area contributed by atoms with Crippen LogP contribution >= 0.6 is 0 Å². The Bertz CT molecular complexity index is 335. The fourth-order valence-corrected chi connectivity index (χ4v) is 3.48. The molecule has 0 radical (unpaired) electrons. The SMILES string of the molecule is CC1(C)CC(NC(=O)CNC(=O)CN)CC(C)(C)C1. The van der Waals surface area contributed by atoms with Gasteiger partial charge in [0.05, 0.1) is 13.1 Å². The molecule has 1 rings (SSSR count). The smallest absolute Gasteiger partial charge is 0.239 e. The van der Waals surface area contributed by atoms with Crippen LogP contribution in [0.4, 0.5) is 0 Å². The Kier molecular flexibility index (Phi) is 4.96. The molecular formula is C14H27N3O2. The quantitative estimate of drug-likeness (QED) is 0.705. The maximum atomic E-state index is 11.8. The van der Waals surface area contributed by atoms with Gasteiger partial charge in [-0.05, 0) is 30.1 Å². The zero-order chi connectivity index (χ0) is 14.7. The van der Waals surface area contributed by atoms with E-state index in [1.54, 1.807) is 0 Å². The van der Waals surface area contributed by atoms with Crippen molar-refractivity contribution in [3.63, 3.8) is 0 Å². The number of hydrogen-bond donors (Lipinski definition) is 3. The van der Waals surface area contributed by atoms with Crippen molar-refractivity contribution in [3.8, 4) is 0 Å². The Labute approximate surface area is 115 Å². The molecule has 4 N–H and O–H groups in total. The molecule has 0 atom stereocenters. The summed E-state index contributed by atoms with van der Waals surface area (Å²) in [6.07, 6.45) is 3.12. The van der Waals surface area contributed by atoms with Crippen LogP contribution in [0.25, 0.3) is 0 Å². The molecule has 1 saturated carbocycles. The van der Waals surface area contributed by atoms with E-state index in [0.717, 1.165) is 19.3 Å². The number of carbonyl (C=O) groups is 2. The molecule has 5 heteroatoms. The average molecular weight is 269 g/mol. The van der Waals surface area contributed by atoms with Gasteiger partial charge in [-0.1, -0.05) is 27.7 Å². The van der Waals surface area contributed by atoms with Crippen LogP contribution in [0.1, 0.15) is 47.0 Å². The zero-order valence-corrected chi connectivity index (χ0v) is 12.5. The second-order valence-electron chi connectivity index (χ2n) is 7.16. The lowest BCUT2D eigenvalue weighted by molar-refractivity contribution is -0.126. The largest absolute Gasteiger partial charge is 0.352 e. The van der Waals surface area contributed by atoms with Crippen molar-refractivity contribution in [2.75, 3.05) is 13.1 Å². The van der Waals surface area contributed by atoms with E-state index in [-0.39, 0.29) is 41.8 Å². The van der Waals surface area contributed by atoms with Crippen molar-refractivity contribution in [2.45, 2.75) is 53.0 Å². The van der Waals surface area contributed by atoms with Gasteiger partial charge in [0.2, 0.25) is 11.8 Å². The van der Waals surface area contributed by atoms with Gasteiger partial charge in [0.15, 0.2) is 0 Å². The van der Waals surface area contributed by atoms with Gasteiger partial charge < -0.3 is 16.4 Å². The Morgan fingerprint density at radius 2 is 1.63 bits per heavy atom. The molecule has 5 nitrogen and oxygen atoms in total. The van der Waals surface area contributed by atoms with E-state index in [2.05, 4.69) is 38.3 Å². The number of rotatable bonds is 4. The number of nitrogens with two attached hydrogens (primary N) is 1. The molecule has 0 aromatic carbocycles. The highest BCUT2D eigenvalue weighted by atomic mass is 16.2. The number of amides is 2. The van der Waals surface area contributed by atoms with Gasteiger partial charge in [-0.25, -0.2) is 0 Å². The van der Waals surface area contributed by atoms with Crippen LogP contribution in [0.2, 0.25) is 0 Å². The van der Waals surface area contributed by atoms with Gasteiger partial charge in [-0.3, -0.25) is 9.59 Å². The third kappa shape index (κ3) is 5.59. The molecule has 2 amide bonds. The molecule has 1 aliphatic rings. The van der Waals surface area contributed by atoms with Crippen LogP contribution in [0.3, 0.4) is 0 Å². The second kappa shape index (κ2) is 5.90. The molecule has 19 heavy (non-hydrogen) atoms. The molecule has 0 aromatic heterocycles. The van der Waals surface area contributed by atoms with Crippen LogP contribution in [0.5, 0.6) is 0 Å². The lowest BCUT2D eigenvalue weighted by Gasteiger charge is -2.45. The normalized spacial score (nSPS) is 21.7. The summed E-state index contributed by atoms with van der Waals surface area (Å²) in [5.74, 6) is -0.445. The van der Waals surface area contributed by atoms with Gasteiger partial charge in [0, 0.05) is 6.04 Å². The maximum absolute atomic E-state index is 11.8. The highest BCUT2D eigenvalue weighted by molar-refractivity contribution is 5.85. The molecule has 0 aliphatic heterocycles. The third-order valence-electron chi connectivity index (χ3n) is 3.55. The van der Waals surface area contributed by atoms with Crippen LogP contribution < -0.4 is 16.4 Å². The minimum absolute atomic E-state index is 0.00733. The van der Waals surface area contributed by atoms with Crippen LogP contribution in [0, 0.1) is 10.8 Å². The first-order valence-electron chi connectivity index (χ1n) is 6.90. The van der Waals surface area contributed by atoms with Crippen LogP contribution in [0.15, 0.2) is 0 Å². The summed E-state index contributed by atoms with van der Waals surface area (Å²) >= 11 is 0. The van der Waals surface area contributed by atoms with Crippen molar-refractivity contribution in [1.29, 1.82) is 0 Å². The Morgan fingerprint density at radius 1 is 1.11 bits per heavy atom. The Balaban J connectivity index is 2.47. The fourth-order valence-electron chi connectivity index (χ4n) is 3.48. The number of nitrogens with one attached hydrogen (secondary N) is 2. The van der Waals surface area contributed by atoms with Crippen LogP contribution in [-0.2, 0) is 9.59 Å². The summed E-state index contributed by atoms with van der Waals surface area (Å²) in [7, 11) is 0. The van der Waals surface area contributed by atoms with Crippen molar-refractivity contribution < 1.29 is 9.59 Å². The predicted molar refractivity (Wildman–Crippen MR) is 75.4 cm³/mol. The van der Waals surface area contributed by atoms with E-state index in [0.29, 0.717) is 0 Å². The molecule has 0 heterocycles. The summed E-state index contributed by atoms with van der Waals surface area (Å²) in [5, 5.41) is 5.50. The van der Waals surface area contributed by atoms with E-state index < -0.39 is 0 Å². The predicted octanol–water partition coefficient (Wildman–Crippen LogP) is 0.782. The first kappa shape index (κ1) is 16.0. The van der Waals surface area contributed by atoms with Gasteiger partial charge in [-0.2, -0.15) is 0 Å². The topological polar surface area (TPSA) is 84.2 Å². The summed E-state index contributed by atoms with van der Waals surface area (Å²) in [5.41, 5.74) is 5.64. The lowest BCUT2D eigenvalue weighted by Crippen LogP contribution is -2.49. The minimum atomic E-state index is -0.306. The van der Waals surface area contributed by atoms with E-state index in [1.165, 1.54) is 0 Å².